The van der Waals surface area contributed by atoms with Gasteiger partial charge >= 0.3 is 5.97 Å². The van der Waals surface area contributed by atoms with E-state index in [1.165, 1.54) is 6.20 Å². The third-order valence-corrected chi connectivity index (χ3v) is 6.58. The van der Waals surface area contributed by atoms with Crippen LogP contribution in [0, 0.1) is 5.82 Å². The Morgan fingerprint density at radius 3 is 2.64 bits per heavy atom. The Labute approximate surface area is 196 Å². The molecule has 1 saturated heterocycles. The van der Waals surface area contributed by atoms with Crippen LogP contribution in [0.25, 0.3) is 11.0 Å². The van der Waals surface area contributed by atoms with E-state index in [4.69, 9.17) is 11.6 Å². The van der Waals surface area contributed by atoms with Crippen LogP contribution in [0.1, 0.15) is 42.1 Å². The van der Waals surface area contributed by atoms with Crippen LogP contribution < -0.4 is 15.6 Å². The molecule has 0 amide bonds. The molecule has 2 aromatic rings. The first kappa shape index (κ1) is 23.7. The fraction of sp³-hybridized carbons (Fsp3) is 0.522. The molecule has 1 saturated carbocycles. The summed E-state index contributed by atoms with van der Waals surface area (Å²) < 4.78 is 16.8. The predicted octanol–water partition coefficient (Wildman–Crippen LogP) is 2.81. The molecule has 2 fully saturated rings. The van der Waals surface area contributed by atoms with Crippen LogP contribution in [-0.2, 0) is 0 Å². The minimum absolute atomic E-state index is 0.00693. The van der Waals surface area contributed by atoms with Gasteiger partial charge < -0.3 is 24.8 Å². The van der Waals surface area contributed by atoms with Crippen molar-refractivity contribution in [2.45, 2.75) is 31.7 Å². The first-order valence-corrected chi connectivity index (χ1v) is 11.6. The van der Waals surface area contributed by atoms with E-state index in [1.807, 2.05) is 19.0 Å². The molecule has 0 spiro atoms. The molecule has 2 aromatic heterocycles. The lowest BCUT2D eigenvalue weighted by Crippen LogP contribution is -2.33. The lowest BCUT2D eigenvalue weighted by molar-refractivity contribution is 0.0695. The van der Waals surface area contributed by atoms with Gasteiger partial charge in [0.2, 0.25) is 5.43 Å². The topological polar surface area (TPSA) is 90.7 Å². The molecule has 0 atom stereocenters. The Balaban J connectivity index is 1.55. The number of likely N-dealkylation sites (N-methyl/N-ethyl adjacent to an activating group) is 1. The molecule has 0 unspecified atom stereocenters. The highest BCUT2D eigenvalue weighted by Gasteiger charge is 2.29. The van der Waals surface area contributed by atoms with Crippen LogP contribution in [0.4, 0.5) is 10.2 Å². The Morgan fingerprint density at radius 1 is 1.33 bits per heavy atom. The maximum atomic E-state index is 15.0. The lowest BCUT2D eigenvalue weighted by Gasteiger charge is -2.30. The highest BCUT2D eigenvalue weighted by atomic mass is 35.5. The van der Waals surface area contributed by atoms with E-state index in [2.05, 4.69) is 15.2 Å². The molecule has 1 aliphatic carbocycles. The van der Waals surface area contributed by atoms with Crippen LogP contribution in [-0.4, -0.2) is 72.3 Å². The average molecular weight is 478 g/mol. The number of carbonyl (C=O) groups is 1. The van der Waals surface area contributed by atoms with Crippen molar-refractivity contribution < 1.29 is 14.3 Å². The van der Waals surface area contributed by atoms with Gasteiger partial charge in [-0.3, -0.25) is 4.79 Å². The first-order chi connectivity index (χ1) is 15.8. The SMILES string of the molecule is CN(C)CCNCC(Cl)=C1CCN(c2nc3c(cc2F)c(=O)c(C(=O)O)cn3C2CC2)CC1. The first-order valence-electron chi connectivity index (χ1n) is 11.2. The second kappa shape index (κ2) is 9.79. The van der Waals surface area contributed by atoms with Crippen molar-refractivity contribution in [2.75, 3.05) is 51.7 Å². The number of pyridine rings is 2. The number of rotatable bonds is 8. The van der Waals surface area contributed by atoms with E-state index in [0.29, 0.717) is 38.1 Å². The Kier molecular flexibility index (Phi) is 7.02. The van der Waals surface area contributed by atoms with E-state index < -0.39 is 17.2 Å². The molecule has 33 heavy (non-hydrogen) atoms. The summed E-state index contributed by atoms with van der Waals surface area (Å²) in [5, 5.41) is 13.5. The molecule has 0 aromatic carbocycles. The van der Waals surface area contributed by atoms with Crippen LogP contribution in [0.2, 0.25) is 0 Å². The standard InChI is InChI=1S/C23H29ClFN5O3/c1-28(2)10-7-26-12-18(24)14-5-8-29(9-6-14)22-19(25)11-16-20(31)17(23(32)33)13-30(15-3-4-15)21(16)27-22/h11,13,15,26H,3-10,12H2,1-2H3,(H,32,33). The third-order valence-electron chi connectivity index (χ3n) is 6.18. The number of piperidine rings is 1. The number of carboxylic acid groups (broad SMARTS) is 1. The van der Waals surface area contributed by atoms with Crippen LogP contribution in [0.3, 0.4) is 0 Å². The molecule has 0 bridgehead atoms. The Morgan fingerprint density at radius 2 is 2.03 bits per heavy atom. The van der Waals surface area contributed by atoms with Crippen molar-refractivity contribution in [1.29, 1.82) is 0 Å². The fourth-order valence-corrected chi connectivity index (χ4v) is 4.41. The Bertz CT molecular complexity index is 1150. The normalized spacial score (nSPS) is 16.6. The molecule has 8 nitrogen and oxygen atoms in total. The zero-order chi connectivity index (χ0) is 23.7. The molecule has 4 rings (SSSR count). The molecule has 3 heterocycles. The molecule has 2 aliphatic rings. The van der Waals surface area contributed by atoms with Crippen molar-refractivity contribution in [3.8, 4) is 0 Å². The van der Waals surface area contributed by atoms with Gasteiger partial charge in [-0.05, 0) is 45.8 Å². The van der Waals surface area contributed by atoms with E-state index in [0.717, 1.165) is 42.6 Å². The third kappa shape index (κ3) is 5.20. The zero-order valence-corrected chi connectivity index (χ0v) is 19.7. The average Bonchev–Trinajstić information content (AvgIpc) is 3.62. The minimum Gasteiger partial charge on any atom is -0.477 e. The van der Waals surface area contributed by atoms with Gasteiger partial charge in [-0.2, -0.15) is 0 Å². The van der Waals surface area contributed by atoms with Gasteiger partial charge in [0.1, 0.15) is 11.2 Å². The quantitative estimate of drug-likeness (QED) is 0.565. The number of fused-ring (bicyclic) bond motifs is 1. The van der Waals surface area contributed by atoms with Gasteiger partial charge in [-0.1, -0.05) is 17.2 Å². The predicted molar refractivity (Wildman–Crippen MR) is 127 cm³/mol. The Hall–Kier alpha value is -2.49. The van der Waals surface area contributed by atoms with Gasteiger partial charge in [-0.15, -0.1) is 0 Å². The van der Waals surface area contributed by atoms with Crippen LogP contribution in [0.15, 0.2) is 27.7 Å². The monoisotopic (exact) mass is 477 g/mol. The summed E-state index contributed by atoms with van der Waals surface area (Å²) in [7, 11) is 4.04. The molecule has 1 aliphatic heterocycles. The number of nitrogens with one attached hydrogen (secondary N) is 1. The summed E-state index contributed by atoms with van der Waals surface area (Å²) in [4.78, 5) is 32.6. The fourth-order valence-electron chi connectivity index (χ4n) is 4.13. The van der Waals surface area contributed by atoms with Crippen molar-refractivity contribution >= 4 is 34.4 Å². The van der Waals surface area contributed by atoms with Gasteiger partial charge in [0.05, 0.1) is 5.39 Å². The molecular formula is C23H29ClFN5O3. The number of aromatic nitrogens is 2. The summed E-state index contributed by atoms with van der Waals surface area (Å²) in [6.07, 6.45) is 4.52. The number of aromatic carboxylic acids is 1. The maximum absolute atomic E-state index is 15.0. The second-order valence-electron chi connectivity index (χ2n) is 8.96. The number of halogens is 2. The van der Waals surface area contributed by atoms with E-state index in [-0.39, 0.29) is 22.8 Å². The summed E-state index contributed by atoms with van der Waals surface area (Å²) in [5.74, 6) is -1.74. The number of carboxylic acids is 1. The van der Waals surface area contributed by atoms with Gasteiger partial charge in [-0.25, -0.2) is 14.2 Å². The maximum Gasteiger partial charge on any atom is 0.341 e. The van der Waals surface area contributed by atoms with E-state index in [9.17, 15) is 14.7 Å². The zero-order valence-electron chi connectivity index (χ0n) is 18.9. The van der Waals surface area contributed by atoms with Crippen molar-refractivity contribution in [1.82, 2.24) is 19.8 Å². The van der Waals surface area contributed by atoms with Crippen molar-refractivity contribution in [2.24, 2.45) is 0 Å². The smallest absolute Gasteiger partial charge is 0.341 e. The summed E-state index contributed by atoms with van der Waals surface area (Å²) in [6, 6.07) is 1.23. The largest absolute Gasteiger partial charge is 0.477 e. The number of hydrogen-bond acceptors (Lipinski definition) is 6. The van der Waals surface area contributed by atoms with Crippen molar-refractivity contribution in [3.05, 3.63) is 44.5 Å². The number of nitrogens with zero attached hydrogens (tertiary/aromatic N) is 4. The summed E-state index contributed by atoms with van der Waals surface area (Å²) >= 11 is 6.51. The summed E-state index contributed by atoms with van der Waals surface area (Å²) in [5.41, 5.74) is 0.440. The highest BCUT2D eigenvalue weighted by Crippen LogP contribution is 2.37. The lowest BCUT2D eigenvalue weighted by atomic mass is 10.0. The second-order valence-corrected chi connectivity index (χ2v) is 9.41. The molecule has 2 N–H and O–H groups in total. The van der Waals surface area contributed by atoms with Crippen LogP contribution in [0.5, 0.6) is 0 Å². The van der Waals surface area contributed by atoms with Gasteiger partial charge in [0.25, 0.3) is 0 Å². The van der Waals surface area contributed by atoms with Gasteiger partial charge in [0, 0.05) is 50.0 Å². The minimum atomic E-state index is -1.32. The molecule has 10 heteroatoms. The number of hydrogen-bond donors (Lipinski definition) is 2. The van der Waals surface area contributed by atoms with E-state index in [1.54, 1.807) is 4.57 Å². The van der Waals surface area contributed by atoms with Gasteiger partial charge in [0.15, 0.2) is 11.6 Å². The van der Waals surface area contributed by atoms with E-state index >= 15 is 4.39 Å². The number of anilines is 1. The van der Waals surface area contributed by atoms with Crippen molar-refractivity contribution in [3.63, 3.8) is 0 Å². The molecular weight excluding hydrogens is 449 g/mol. The molecule has 0 radical (unpaired) electrons. The molecule has 178 valence electrons. The summed E-state index contributed by atoms with van der Waals surface area (Å²) in [6.45, 7) is 3.53. The van der Waals surface area contributed by atoms with Crippen LogP contribution >= 0.6 is 11.6 Å². The highest BCUT2D eigenvalue weighted by molar-refractivity contribution is 6.30.